The first kappa shape index (κ1) is 32.8. The van der Waals surface area contributed by atoms with E-state index in [1.54, 1.807) is 0 Å². The normalized spacial score (nSPS) is 12.9. The number of nitrogens with zero attached hydrogens (tertiary/aromatic N) is 1. The lowest BCUT2D eigenvalue weighted by Crippen LogP contribution is -2.37. The Morgan fingerprint density at radius 3 is 1.82 bits per heavy atom. The minimum atomic E-state index is -0.149. The molecule has 0 aromatic rings. The Morgan fingerprint density at radius 1 is 0.735 bits per heavy atom. The van der Waals surface area contributed by atoms with Crippen LogP contribution in [0.15, 0.2) is 24.3 Å². The van der Waals surface area contributed by atoms with Gasteiger partial charge in [-0.1, -0.05) is 69.8 Å². The van der Waals surface area contributed by atoms with E-state index < -0.39 is 0 Å². The summed E-state index contributed by atoms with van der Waals surface area (Å²) >= 11 is 0. The Hall–Kier alpha value is -1.17. The van der Waals surface area contributed by atoms with Crippen LogP contribution in [-0.2, 0) is 19.0 Å². The van der Waals surface area contributed by atoms with Crippen molar-refractivity contribution in [1.29, 1.82) is 0 Å². The number of carbonyl (C=O) groups is 1. The minimum absolute atomic E-state index is 0.149. The average Bonchev–Trinajstić information content (AvgIpc) is 2.83. The van der Waals surface area contributed by atoms with Gasteiger partial charge >= 0.3 is 5.97 Å². The molecule has 0 aromatic carbocycles. The molecule has 0 rings (SSSR count). The number of esters is 1. The molecule has 0 aliphatic rings. The van der Waals surface area contributed by atoms with Gasteiger partial charge in [0.25, 0.3) is 0 Å². The van der Waals surface area contributed by atoms with Crippen LogP contribution in [0.2, 0.25) is 0 Å². The zero-order valence-electron chi connectivity index (χ0n) is 22.9. The van der Waals surface area contributed by atoms with Crippen molar-refractivity contribution in [3.8, 4) is 0 Å². The van der Waals surface area contributed by atoms with Crippen LogP contribution >= 0.6 is 0 Å². The molecule has 0 aliphatic carbocycles. The number of allylic oxidation sites excluding steroid dienone is 4. The molecule has 1 unspecified atom stereocenters. The van der Waals surface area contributed by atoms with E-state index in [1.165, 1.54) is 71.3 Å². The fraction of sp³-hybridized carbons (Fsp3) is 0.828. The van der Waals surface area contributed by atoms with E-state index in [4.69, 9.17) is 9.47 Å². The van der Waals surface area contributed by atoms with Crippen molar-refractivity contribution in [2.24, 2.45) is 0 Å². The summed E-state index contributed by atoms with van der Waals surface area (Å²) in [7, 11) is 5.56. The number of hydrogen-bond acceptors (Lipinski definition) is 5. The maximum Gasteiger partial charge on any atom is 0.305 e. The molecular formula is C29H55NO4. The number of likely N-dealkylation sites (N-methyl/N-ethyl adjacent to an activating group) is 1. The average molecular weight is 482 g/mol. The lowest BCUT2D eigenvalue weighted by Gasteiger charge is -2.24. The van der Waals surface area contributed by atoms with Gasteiger partial charge in [-0.15, -0.1) is 0 Å². The second-order valence-electron chi connectivity index (χ2n) is 9.38. The molecule has 5 heteroatoms. The number of rotatable bonds is 25. The van der Waals surface area contributed by atoms with Crippen molar-refractivity contribution in [2.75, 3.05) is 47.6 Å². The first-order chi connectivity index (χ1) is 16.6. The fourth-order valence-corrected chi connectivity index (χ4v) is 3.55. The SMILES string of the molecule is CCCCCC=CCC=CCCCCCCCCOCC(COCCCCC(=O)OC)N(C)C. The molecule has 5 nitrogen and oxygen atoms in total. The van der Waals surface area contributed by atoms with Gasteiger partial charge in [0, 0.05) is 19.6 Å². The summed E-state index contributed by atoms with van der Waals surface area (Å²) in [5.74, 6) is -0.149. The molecule has 0 amide bonds. The highest BCUT2D eigenvalue weighted by atomic mass is 16.5. The van der Waals surface area contributed by atoms with Crippen LogP contribution in [0.1, 0.15) is 103 Å². The second kappa shape index (κ2) is 26.4. The van der Waals surface area contributed by atoms with Crippen molar-refractivity contribution in [2.45, 2.75) is 109 Å². The summed E-state index contributed by atoms with van der Waals surface area (Å²) in [5.41, 5.74) is 0. The van der Waals surface area contributed by atoms with E-state index >= 15 is 0 Å². The van der Waals surface area contributed by atoms with Gasteiger partial charge in [0.2, 0.25) is 0 Å². The van der Waals surface area contributed by atoms with Gasteiger partial charge in [-0.25, -0.2) is 0 Å². The van der Waals surface area contributed by atoms with Crippen molar-refractivity contribution >= 4 is 5.97 Å². The van der Waals surface area contributed by atoms with Crippen LogP contribution in [0.25, 0.3) is 0 Å². The lowest BCUT2D eigenvalue weighted by atomic mass is 10.1. The molecule has 0 bridgehead atoms. The summed E-state index contributed by atoms with van der Waals surface area (Å²) in [6.07, 6.45) is 26.6. The van der Waals surface area contributed by atoms with Crippen LogP contribution in [0.3, 0.4) is 0 Å². The third kappa shape index (κ3) is 24.0. The first-order valence-corrected chi connectivity index (χ1v) is 13.8. The van der Waals surface area contributed by atoms with E-state index in [9.17, 15) is 4.79 Å². The number of methoxy groups -OCH3 is 1. The Balaban J connectivity index is 3.48. The highest BCUT2D eigenvalue weighted by molar-refractivity contribution is 5.68. The number of ether oxygens (including phenoxy) is 3. The fourth-order valence-electron chi connectivity index (χ4n) is 3.55. The smallest absolute Gasteiger partial charge is 0.305 e. The van der Waals surface area contributed by atoms with E-state index in [0.29, 0.717) is 26.2 Å². The number of unbranched alkanes of at least 4 members (excludes halogenated alkanes) is 10. The molecule has 0 spiro atoms. The molecule has 0 saturated heterocycles. The van der Waals surface area contributed by atoms with Gasteiger partial charge in [0.15, 0.2) is 0 Å². The molecule has 200 valence electrons. The molecule has 0 saturated carbocycles. The van der Waals surface area contributed by atoms with E-state index in [-0.39, 0.29) is 12.0 Å². The highest BCUT2D eigenvalue weighted by Crippen LogP contribution is 2.09. The van der Waals surface area contributed by atoms with Crippen LogP contribution in [-0.4, -0.2) is 64.5 Å². The Morgan fingerprint density at radius 2 is 1.26 bits per heavy atom. The number of hydrogen-bond donors (Lipinski definition) is 0. The molecular weight excluding hydrogens is 426 g/mol. The maximum atomic E-state index is 11.1. The van der Waals surface area contributed by atoms with Crippen LogP contribution in [0, 0.1) is 0 Å². The molecule has 0 heterocycles. The molecule has 0 aromatic heterocycles. The van der Waals surface area contributed by atoms with E-state index in [2.05, 4.69) is 55.0 Å². The second-order valence-corrected chi connectivity index (χ2v) is 9.38. The molecule has 34 heavy (non-hydrogen) atoms. The van der Waals surface area contributed by atoms with Crippen molar-refractivity contribution in [3.63, 3.8) is 0 Å². The first-order valence-electron chi connectivity index (χ1n) is 13.8. The highest BCUT2D eigenvalue weighted by Gasteiger charge is 2.12. The van der Waals surface area contributed by atoms with Crippen LogP contribution < -0.4 is 0 Å². The monoisotopic (exact) mass is 481 g/mol. The van der Waals surface area contributed by atoms with E-state index in [0.717, 1.165) is 32.3 Å². The molecule has 1 atom stereocenters. The molecule has 0 radical (unpaired) electrons. The Kier molecular flexibility index (Phi) is 25.5. The maximum absolute atomic E-state index is 11.1. The lowest BCUT2D eigenvalue weighted by molar-refractivity contribution is -0.140. The van der Waals surface area contributed by atoms with Gasteiger partial charge < -0.3 is 19.1 Å². The van der Waals surface area contributed by atoms with Crippen molar-refractivity contribution in [1.82, 2.24) is 4.90 Å². The predicted octanol–water partition coefficient (Wildman–Crippen LogP) is 7.11. The molecule has 0 fully saturated rings. The number of carbonyl (C=O) groups excluding carboxylic acids is 1. The Labute approximate surface area is 211 Å². The summed E-state index contributed by atoms with van der Waals surface area (Å²) < 4.78 is 16.3. The van der Waals surface area contributed by atoms with Crippen LogP contribution in [0.4, 0.5) is 0 Å². The minimum Gasteiger partial charge on any atom is -0.469 e. The standard InChI is InChI=1S/C29H55NO4/c1-5-6-7-8-9-10-11-12-13-14-15-16-17-18-19-21-24-33-26-28(30(2)3)27-34-25-22-20-23-29(31)32-4/h9-10,12-13,28H,5-8,11,14-27H2,1-4H3. The summed E-state index contributed by atoms with van der Waals surface area (Å²) in [4.78, 5) is 13.3. The Bertz CT molecular complexity index is 491. The zero-order valence-corrected chi connectivity index (χ0v) is 22.9. The van der Waals surface area contributed by atoms with Gasteiger partial charge in [-0.05, 0) is 65.5 Å². The van der Waals surface area contributed by atoms with Gasteiger partial charge in [0.05, 0.1) is 26.4 Å². The van der Waals surface area contributed by atoms with Crippen LogP contribution in [0.5, 0.6) is 0 Å². The van der Waals surface area contributed by atoms with Crippen molar-refractivity contribution < 1.29 is 19.0 Å². The summed E-state index contributed by atoms with van der Waals surface area (Å²) in [6, 6.07) is 0.269. The van der Waals surface area contributed by atoms with Gasteiger partial charge in [-0.3, -0.25) is 4.79 Å². The molecule has 0 aliphatic heterocycles. The van der Waals surface area contributed by atoms with Gasteiger partial charge in [-0.2, -0.15) is 0 Å². The summed E-state index contributed by atoms with van der Waals surface area (Å²) in [6.45, 7) is 5.12. The van der Waals surface area contributed by atoms with Crippen molar-refractivity contribution in [3.05, 3.63) is 24.3 Å². The topological polar surface area (TPSA) is 48.0 Å². The quantitative estimate of drug-likeness (QED) is 0.0790. The van der Waals surface area contributed by atoms with Gasteiger partial charge in [0.1, 0.15) is 0 Å². The zero-order chi connectivity index (χ0) is 25.1. The third-order valence-electron chi connectivity index (χ3n) is 5.99. The predicted molar refractivity (Wildman–Crippen MR) is 144 cm³/mol. The summed E-state index contributed by atoms with van der Waals surface area (Å²) in [5, 5.41) is 0. The van der Waals surface area contributed by atoms with E-state index in [1.807, 2.05) is 0 Å². The third-order valence-corrected chi connectivity index (χ3v) is 5.99. The molecule has 0 N–H and O–H groups in total. The largest absolute Gasteiger partial charge is 0.469 e.